The van der Waals surface area contributed by atoms with Gasteiger partial charge in [0, 0.05) is 62.0 Å². The van der Waals surface area contributed by atoms with E-state index in [-0.39, 0.29) is 0 Å². The van der Waals surface area contributed by atoms with Crippen LogP contribution < -0.4 is 0 Å². The van der Waals surface area contributed by atoms with E-state index in [1.54, 1.807) is 0 Å². The van der Waals surface area contributed by atoms with Crippen LogP contribution >= 0.6 is 0 Å². The summed E-state index contributed by atoms with van der Waals surface area (Å²) in [7, 11) is 17.3. The van der Waals surface area contributed by atoms with Crippen LogP contribution in [0.1, 0.15) is 51.5 Å². The van der Waals surface area contributed by atoms with Crippen molar-refractivity contribution in [3.05, 3.63) is 45.0 Å². The van der Waals surface area contributed by atoms with Crippen LogP contribution in [0.25, 0.3) is 0 Å². The first-order valence-electron chi connectivity index (χ1n) is 12.3. The summed E-state index contributed by atoms with van der Waals surface area (Å²) < 4.78 is 5.13. The summed E-state index contributed by atoms with van der Waals surface area (Å²) in [5.74, 6) is 0. The number of nitrogens with zero attached hydrogens (tertiary/aromatic N) is 6. The largest absolute Gasteiger partial charge is 0.348 e. The van der Waals surface area contributed by atoms with Gasteiger partial charge in [0.2, 0.25) is 0 Å². The Morgan fingerprint density at radius 3 is 0.818 bits per heavy atom. The van der Waals surface area contributed by atoms with Crippen LogP contribution in [0.2, 0.25) is 0 Å². The minimum absolute atomic E-state index is 1.00. The summed E-state index contributed by atoms with van der Waals surface area (Å²) in [6, 6.07) is 0. The van der Waals surface area contributed by atoms with Gasteiger partial charge in [-0.25, -0.2) is 0 Å². The van der Waals surface area contributed by atoms with E-state index >= 15 is 0 Å². The molecular weight excluding hydrogens is 408 g/mol. The van der Waals surface area contributed by atoms with Crippen molar-refractivity contribution in [3.63, 3.8) is 0 Å². The second-order valence-corrected chi connectivity index (χ2v) is 10.9. The number of aromatic nitrogens is 2. The highest BCUT2D eigenvalue weighted by atomic mass is 15.1. The van der Waals surface area contributed by atoms with Gasteiger partial charge in [-0.2, -0.15) is 0 Å². The van der Waals surface area contributed by atoms with Crippen LogP contribution in [-0.2, 0) is 39.3 Å². The predicted molar refractivity (Wildman–Crippen MR) is 142 cm³/mol. The average Bonchev–Trinajstić information content (AvgIpc) is 3.02. The van der Waals surface area contributed by atoms with Crippen LogP contribution in [0.15, 0.2) is 0 Å². The molecule has 33 heavy (non-hydrogen) atoms. The number of rotatable bonds is 12. The Labute approximate surface area is 203 Å². The first kappa shape index (κ1) is 27.6. The molecule has 2 aromatic heterocycles. The molecule has 188 valence electrons. The molecule has 0 fully saturated rings. The van der Waals surface area contributed by atoms with E-state index in [0.29, 0.717) is 0 Å². The van der Waals surface area contributed by atoms with E-state index in [9.17, 15) is 0 Å². The lowest BCUT2D eigenvalue weighted by Gasteiger charge is -2.15. The number of hydrogen-bond donors (Lipinski definition) is 0. The van der Waals surface area contributed by atoms with Gasteiger partial charge in [-0.1, -0.05) is 0 Å². The third-order valence-corrected chi connectivity index (χ3v) is 6.76. The Bertz CT molecular complexity index is 773. The van der Waals surface area contributed by atoms with Crippen LogP contribution in [0.4, 0.5) is 0 Å². The van der Waals surface area contributed by atoms with Crippen molar-refractivity contribution < 1.29 is 0 Å². The highest BCUT2D eigenvalue weighted by Gasteiger charge is 2.20. The third kappa shape index (κ3) is 6.72. The fourth-order valence-corrected chi connectivity index (χ4v) is 5.19. The topological polar surface area (TPSA) is 22.8 Å². The molecule has 6 heteroatoms. The number of hydrogen-bond acceptors (Lipinski definition) is 4. The fraction of sp³-hybridized carbons (Fsp3) is 0.704. The van der Waals surface area contributed by atoms with E-state index in [1.165, 1.54) is 45.0 Å². The molecule has 0 atom stereocenters. The lowest BCUT2D eigenvalue weighted by molar-refractivity contribution is 0.381. The van der Waals surface area contributed by atoms with Gasteiger partial charge in [0.25, 0.3) is 0 Å². The molecule has 0 radical (unpaired) electrons. The van der Waals surface area contributed by atoms with Gasteiger partial charge in [0.1, 0.15) is 0 Å². The highest BCUT2D eigenvalue weighted by molar-refractivity contribution is 5.39. The molecule has 0 amide bonds. The van der Waals surface area contributed by atoms with E-state index < -0.39 is 0 Å². The molecule has 0 aliphatic heterocycles. The molecule has 0 N–H and O–H groups in total. The van der Waals surface area contributed by atoms with E-state index in [0.717, 1.165) is 45.7 Å². The molecule has 0 spiro atoms. The SMILES string of the molecule is Cc1c(CN(C)C)c(CN(C)C)c(C)n1CCCn1c(C)c(CN(C)C)c(CN(C)C)c1C. The minimum atomic E-state index is 1.00. The van der Waals surface area contributed by atoms with Crippen LogP contribution in [0.5, 0.6) is 0 Å². The zero-order valence-corrected chi connectivity index (χ0v) is 23.6. The summed E-state index contributed by atoms with van der Waals surface area (Å²) in [4.78, 5) is 9.15. The molecule has 0 aliphatic carbocycles. The molecule has 0 unspecified atom stereocenters. The molecule has 2 heterocycles. The zero-order valence-electron chi connectivity index (χ0n) is 23.6. The third-order valence-electron chi connectivity index (χ3n) is 6.76. The molecule has 0 saturated heterocycles. The maximum atomic E-state index is 2.56. The predicted octanol–water partition coefficient (Wildman–Crippen LogP) is 3.86. The monoisotopic (exact) mass is 458 g/mol. The van der Waals surface area contributed by atoms with Crippen LogP contribution in [0, 0.1) is 27.7 Å². The van der Waals surface area contributed by atoms with Gasteiger partial charge >= 0.3 is 0 Å². The van der Waals surface area contributed by atoms with E-state index in [2.05, 4.69) is 113 Å². The van der Waals surface area contributed by atoms with Crippen molar-refractivity contribution in [1.29, 1.82) is 0 Å². The van der Waals surface area contributed by atoms with Crippen molar-refractivity contribution in [2.24, 2.45) is 0 Å². The first-order chi connectivity index (χ1) is 15.3. The van der Waals surface area contributed by atoms with Gasteiger partial charge in [0.05, 0.1) is 0 Å². The summed E-state index contributed by atoms with van der Waals surface area (Å²) in [6.45, 7) is 15.4. The Morgan fingerprint density at radius 1 is 0.424 bits per heavy atom. The lowest BCUT2D eigenvalue weighted by atomic mass is 10.1. The zero-order chi connectivity index (χ0) is 25.0. The Hall–Kier alpha value is -1.60. The first-order valence-corrected chi connectivity index (χ1v) is 12.3. The molecule has 6 nitrogen and oxygen atoms in total. The normalized spacial score (nSPS) is 12.4. The van der Waals surface area contributed by atoms with Crippen molar-refractivity contribution in [2.75, 3.05) is 56.4 Å². The molecule has 0 aromatic carbocycles. The van der Waals surface area contributed by atoms with Gasteiger partial charge in [-0.05, 0) is 113 Å². The van der Waals surface area contributed by atoms with Crippen LogP contribution in [0.3, 0.4) is 0 Å². The van der Waals surface area contributed by atoms with Crippen molar-refractivity contribution >= 4 is 0 Å². The summed E-state index contributed by atoms with van der Waals surface area (Å²) in [5, 5.41) is 0. The standard InChI is InChI=1S/C27H50N6/c1-20-24(16-28(5)6)25(17-29(7)8)21(2)32(20)14-13-15-33-22(3)26(18-30(9)10)27(23(33)4)19-31(11)12/h13-19H2,1-12H3. The minimum Gasteiger partial charge on any atom is -0.348 e. The van der Waals surface area contributed by atoms with Crippen molar-refractivity contribution in [1.82, 2.24) is 28.7 Å². The molecule has 2 aromatic rings. The van der Waals surface area contributed by atoms with E-state index in [4.69, 9.17) is 0 Å². The fourth-order valence-electron chi connectivity index (χ4n) is 5.19. The highest BCUT2D eigenvalue weighted by Crippen LogP contribution is 2.27. The van der Waals surface area contributed by atoms with Crippen molar-refractivity contribution in [3.8, 4) is 0 Å². The molecule has 0 aliphatic rings. The summed E-state index contributed by atoms with van der Waals surface area (Å²) >= 11 is 0. The Kier molecular flexibility index (Phi) is 9.80. The second-order valence-electron chi connectivity index (χ2n) is 10.9. The maximum absolute atomic E-state index is 2.56. The smallest absolute Gasteiger partial charge is 0.0248 e. The van der Waals surface area contributed by atoms with Gasteiger partial charge in [-0.3, -0.25) is 0 Å². The molecule has 2 rings (SSSR count). The Morgan fingerprint density at radius 2 is 0.636 bits per heavy atom. The average molecular weight is 459 g/mol. The molecular formula is C27H50N6. The molecule has 0 bridgehead atoms. The van der Waals surface area contributed by atoms with Gasteiger partial charge < -0.3 is 28.7 Å². The second kappa shape index (κ2) is 11.7. The van der Waals surface area contributed by atoms with Gasteiger partial charge in [0.15, 0.2) is 0 Å². The quantitative estimate of drug-likeness (QED) is 0.482. The maximum Gasteiger partial charge on any atom is 0.0248 e. The van der Waals surface area contributed by atoms with Gasteiger partial charge in [-0.15, -0.1) is 0 Å². The summed E-state index contributed by atoms with van der Waals surface area (Å²) in [5.41, 5.74) is 11.7. The Balaban J connectivity index is 2.30. The lowest BCUT2D eigenvalue weighted by Crippen LogP contribution is -2.16. The van der Waals surface area contributed by atoms with Crippen LogP contribution in [-0.4, -0.2) is 85.1 Å². The summed E-state index contributed by atoms with van der Waals surface area (Å²) in [6.07, 6.45) is 1.14. The molecule has 0 saturated carbocycles. The van der Waals surface area contributed by atoms with E-state index in [1.807, 2.05) is 0 Å². The van der Waals surface area contributed by atoms with Crippen molar-refractivity contribution in [2.45, 2.75) is 73.4 Å².